The van der Waals surface area contributed by atoms with Crippen molar-refractivity contribution in [1.82, 2.24) is 58.6 Å². The third-order valence-corrected chi connectivity index (χ3v) is 24.4. The van der Waals surface area contributed by atoms with E-state index in [-0.39, 0.29) is 73.0 Å². The van der Waals surface area contributed by atoms with Crippen LogP contribution in [0.25, 0.3) is 283 Å². The molecule has 672 valence electrons. The highest BCUT2D eigenvalue weighted by Gasteiger charge is 2.29. The van der Waals surface area contributed by atoms with Crippen LogP contribution in [-0.4, -0.2) is 58.6 Å². The summed E-state index contributed by atoms with van der Waals surface area (Å²) in [5.41, 5.74) is 0.845. The minimum Gasteiger partial charge on any atom is -0.456 e. The molecule has 0 aliphatic carbocycles. The first-order valence-corrected chi connectivity index (χ1v) is 44.4. The second-order valence-electron chi connectivity index (χ2n) is 32.7. The monoisotopic (exact) mass is 1890 g/mol. The van der Waals surface area contributed by atoms with Crippen molar-refractivity contribution in [3.63, 3.8) is 0 Å². The minimum atomic E-state index is -1.02. The maximum absolute atomic E-state index is 9.85. The summed E-state index contributed by atoms with van der Waals surface area (Å²) in [5.74, 6) is -2.18. The summed E-state index contributed by atoms with van der Waals surface area (Å²) in [7, 11) is 0. The van der Waals surface area contributed by atoms with Gasteiger partial charge in [-0.3, -0.25) is 0 Å². The van der Waals surface area contributed by atoms with Gasteiger partial charge in [-0.25, -0.2) is 44.9 Å². The number of benzene rings is 21. The predicted molar refractivity (Wildman–Crippen MR) is 586 cm³/mol. The summed E-state index contributed by atoms with van der Waals surface area (Å²) >= 11 is 0. The van der Waals surface area contributed by atoms with Crippen molar-refractivity contribution < 1.29 is 76.3 Å². The fraction of sp³-hybridized carbons (Fsp3) is 0. The molecule has 30 rings (SSSR count). The van der Waals surface area contributed by atoms with Crippen LogP contribution in [0.15, 0.2) is 485 Å². The zero-order valence-electron chi connectivity index (χ0n) is 120. The lowest BCUT2D eigenvalue weighted by Gasteiger charge is -2.13. The molecule has 0 N–H and O–H groups in total. The summed E-state index contributed by atoms with van der Waals surface area (Å²) in [6.45, 7) is 0. The van der Waals surface area contributed by atoms with Crippen molar-refractivity contribution >= 4 is 164 Å². The van der Waals surface area contributed by atoms with Gasteiger partial charge in [0.05, 0.1) is 124 Å². The maximum atomic E-state index is 9.85. The van der Waals surface area contributed by atoms with Crippen molar-refractivity contribution in [3.05, 3.63) is 472 Å². The van der Waals surface area contributed by atoms with E-state index in [1.807, 2.05) is 140 Å². The van der Waals surface area contributed by atoms with Crippen molar-refractivity contribution in [2.75, 3.05) is 0 Å². The summed E-state index contributed by atoms with van der Waals surface area (Å²) in [4.78, 5) is 41.6. The molecule has 30 aromatic rings. The first kappa shape index (κ1) is 48.5. The number of rotatable bonds is 12. The van der Waals surface area contributed by atoms with Crippen LogP contribution in [-0.2, 0) is 0 Å². The molecule has 9 heterocycles. The maximum Gasteiger partial charge on any atom is 0.164 e. The zero-order valence-corrected chi connectivity index (χ0v) is 73.6. The molecule has 0 radical (unpaired) electrons. The quantitative estimate of drug-likeness (QED) is 0.114. The summed E-state index contributed by atoms with van der Waals surface area (Å²) in [6, 6.07) is 27.9. The van der Waals surface area contributed by atoms with E-state index in [0.717, 1.165) is 59.0 Å². The van der Waals surface area contributed by atoms with Gasteiger partial charge in [-0.1, -0.05) is 363 Å². The lowest BCUT2D eigenvalue weighted by atomic mass is 10.0. The van der Waals surface area contributed by atoms with Gasteiger partial charge in [0.15, 0.2) is 58.0 Å². The molecule has 0 saturated carbocycles. The number of aromatic nitrogens is 12. The van der Waals surface area contributed by atoms with Crippen molar-refractivity contribution in [1.29, 1.82) is 0 Å². The lowest BCUT2D eigenvalue weighted by Crippen LogP contribution is -2.01. The first-order valence-electron chi connectivity index (χ1n) is 67.4. The molecule has 0 aliphatic rings. The van der Waals surface area contributed by atoms with Gasteiger partial charge in [-0.15, -0.1) is 0 Å². The van der Waals surface area contributed by atoms with Crippen LogP contribution in [0.1, 0.15) is 63.1 Å². The first-order chi connectivity index (χ1) is 90.5. The van der Waals surface area contributed by atoms with Crippen molar-refractivity contribution in [3.8, 4) is 120 Å². The predicted octanol–water partition coefficient (Wildman–Crippen LogP) is 33.1. The Hall–Kier alpha value is -19.8. The molecule has 0 unspecified atom stereocenters. The number of furan rings is 3. The van der Waals surface area contributed by atoms with Gasteiger partial charge in [0.2, 0.25) is 0 Å². The SMILES string of the molecule is [2H]c1c([2H])c([2H])c(-c2nc(-c3c([2H])c([2H])c([2H])c([2H])c3[2H])nc(-c3c([2H])c([2H])c(-n4c5c([2H])c([2H])c([2H])c([2H])c5c5c([2H])c6c([2H])c([2H])c([2H])c([2H])c6c([2H])c54)c4oc5c([2H])c([2H])c([2H])c([2H])c5c34)n2)c([2H])c1[2H].[2H]c1c([2H])c([2H])c(-c2nc(-c3cc(-n4c5ccccc5c5cc6ccccc6cc54)c4c(c3)oc3ccccc34)nc(-c3c([2H])c([2H])c([2H])c([2H])c3[2H])n2)c([2H])c1[2H].[2H]c1c([2H])c([2H])c2c([2H])c3c(c([2H])c2c1[2H])c1c([2H])c([2H])c([2H])c([2H])c1n3-c1cc(-c2nc(-c3ccccc3)nc(-c3ccccc3)n2)cc2oc3ccccc3c12. The van der Waals surface area contributed by atoms with Gasteiger partial charge in [0.25, 0.3) is 0 Å². The van der Waals surface area contributed by atoms with E-state index in [4.69, 9.17) is 88.9 Å². The normalized spacial score (nSPS) is 16.2. The molecule has 0 spiro atoms. The molecule has 15 nitrogen and oxygen atoms in total. The molecule has 21 aromatic carbocycles. The van der Waals surface area contributed by atoms with Crippen LogP contribution in [0.3, 0.4) is 0 Å². The standard InChI is InChI=1S/3C43H26N4O/c2*1-3-13-27(14-4-1)41-44-42(28-15-5-2-6-16-28)46-43(45-41)31-25-37(40-33-20-10-12-22-38(33)48-39(40)26-31)47-35-21-11-9-19-32(35)34-23-29-17-7-8-18-30(29)24-36(34)47;1-3-13-27(14-4-1)41-44-42(28-15-5-2-6-16-28)46-43(45-41)33-23-24-36(40-39(33)32-20-10-12-22-38(32)48-40)47-35-21-11-9-19-31(35)34-25-29-17-7-8-18-30(29)26-37(34)47/h3*1-26H/i7D,8D,9D,11D,17D,18D,19D,21D,23D,24D;1D,2D,3D,4D,5D,6D,13D,14D,15D,16D;1D,2D,3D,4D,5D,6D,7D,8D,9D,10D,11D,12D,13D,14D,15D,16D,17D,18D,19D,20D,21D,22D,23D,24D,25D,26D. The molecule has 9 aromatic heterocycles. The highest BCUT2D eigenvalue weighted by molar-refractivity contribution is 6.22. The number of hydrogen-bond donors (Lipinski definition) is 0. The average molecular weight is 1890 g/mol. The smallest absolute Gasteiger partial charge is 0.164 e. The topological polar surface area (TPSA) is 170 Å². The van der Waals surface area contributed by atoms with Gasteiger partial charge in [0, 0.05) is 104 Å². The van der Waals surface area contributed by atoms with Crippen LogP contribution in [0.2, 0.25) is 0 Å². The average Bonchev–Trinajstić information content (AvgIpc) is 1.52. The van der Waals surface area contributed by atoms with Gasteiger partial charge in [-0.05, 0) is 141 Å². The third-order valence-electron chi connectivity index (χ3n) is 24.4. The van der Waals surface area contributed by atoms with Gasteiger partial charge >= 0.3 is 0 Å². The van der Waals surface area contributed by atoms with E-state index in [9.17, 15) is 12.3 Å². The molecule has 0 atom stereocenters. The third kappa shape index (κ3) is 14.2. The molecular weight excluding hydrogens is 1770 g/mol. The molecule has 0 aliphatic heterocycles. The van der Waals surface area contributed by atoms with E-state index in [1.54, 1.807) is 24.3 Å². The van der Waals surface area contributed by atoms with Crippen LogP contribution >= 0.6 is 0 Å². The highest BCUT2D eigenvalue weighted by Crippen LogP contribution is 2.48. The second-order valence-corrected chi connectivity index (χ2v) is 32.7. The molecular formula is C129H78N12O3. The molecule has 0 bridgehead atoms. The lowest BCUT2D eigenvalue weighted by molar-refractivity contribution is 0.666. The second kappa shape index (κ2) is 34.1. The van der Waals surface area contributed by atoms with Crippen LogP contribution in [0.5, 0.6) is 0 Å². The summed E-state index contributed by atoms with van der Waals surface area (Å²) < 4.78 is 428. The van der Waals surface area contributed by atoms with Gasteiger partial charge in [-0.2, -0.15) is 0 Å². The van der Waals surface area contributed by atoms with Crippen molar-refractivity contribution in [2.24, 2.45) is 0 Å². The minimum absolute atomic E-state index is 0.0427. The highest BCUT2D eigenvalue weighted by atomic mass is 16.3. The molecule has 15 heteroatoms. The van der Waals surface area contributed by atoms with E-state index in [0.29, 0.717) is 67.3 Å². The Morgan fingerprint density at radius 3 is 1.02 bits per heavy atom. The van der Waals surface area contributed by atoms with E-state index in [1.165, 1.54) is 4.57 Å². The van der Waals surface area contributed by atoms with E-state index in [2.05, 4.69) is 54.8 Å². The Labute approximate surface area is 887 Å². The number of nitrogens with zero attached hydrogens (tertiary/aromatic N) is 12. The van der Waals surface area contributed by atoms with E-state index >= 15 is 0 Å². The number of para-hydroxylation sites is 6. The Balaban J connectivity index is 0.000000130. The molecule has 0 fully saturated rings. The Kier molecular flexibility index (Phi) is 11.5. The summed E-state index contributed by atoms with van der Waals surface area (Å²) in [6.07, 6.45) is 0. The largest absolute Gasteiger partial charge is 0.456 e. The zero-order chi connectivity index (χ0) is 135. The van der Waals surface area contributed by atoms with Crippen molar-refractivity contribution in [2.45, 2.75) is 0 Å². The fourth-order valence-corrected chi connectivity index (χ4v) is 18.2. The number of hydrogen-bond acceptors (Lipinski definition) is 12. The van der Waals surface area contributed by atoms with Crippen LogP contribution < -0.4 is 0 Å². The number of fused-ring (bicyclic) bond motifs is 21. The molecule has 0 amide bonds. The van der Waals surface area contributed by atoms with Gasteiger partial charge in [0.1, 0.15) is 27.9 Å². The van der Waals surface area contributed by atoms with Gasteiger partial charge < -0.3 is 27.0 Å². The Morgan fingerprint density at radius 1 is 0.181 bits per heavy atom. The Morgan fingerprint density at radius 2 is 0.542 bits per heavy atom. The molecule has 144 heavy (non-hydrogen) atoms. The summed E-state index contributed by atoms with van der Waals surface area (Å²) in [5, 5.41) is 3.20. The fourth-order valence-electron chi connectivity index (χ4n) is 18.2. The Bertz CT molecular complexity index is 13100. The van der Waals surface area contributed by atoms with E-state index < -0.39 is 366 Å². The molecule has 0 saturated heterocycles. The van der Waals surface area contributed by atoms with Crippen LogP contribution in [0.4, 0.5) is 0 Å². The van der Waals surface area contributed by atoms with Crippen LogP contribution in [0, 0.1) is 0 Å².